The summed E-state index contributed by atoms with van der Waals surface area (Å²) in [5, 5.41) is 0.543. The molecule has 0 saturated carbocycles. The van der Waals surface area contributed by atoms with Crippen molar-refractivity contribution in [1.29, 1.82) is 0 Å². The van der Waals surface area contributed by atoms with Crippen LogP contribution in [-0.2, 0) is 9.53 Å². The van der Waals surface area contributed by atoms with Crippen molar-refractivity contribution in [3.8, 4) is 11.5 Å². The summed E-state index contributed by atoms with van der Waals surface area (Å²) in [5.41, 5.74) is 5.42. The third-order valence-electron chi connectivity index (χ3n) is 3.35. The molecule has 0 aliphatic heterocycles. The van der Waals surface area contributed by atoms with Crippen molar-refractivity contribution in [3.63, 3.8) is 0 Å². The fourth-order valence-corrected chi connectivity index (χ4v) is 2.33. The molecule has 1 amide bonds. The number of hydrogen-bond acceptors (Lipinski definition) is 6. The first-order valence-corrected chi connectivity index (χ1v) is 8.32. The monoisotopic (exact) mass is 411 g/mol. The summed E-state index contributed by atoms with van der Waals surface area (Å²) in [7, 11) is 1.37. The van der Waals surface area contributed by atoms with Crippen LogP contribution < -0.4 is 15.2 Å². The van der Waals surface area contributed by atoms with Crippen LogP contribution in [-0.4, -0.2) is 38.0 Å². The molecule has 7 nitrogen and oxygen atoms in total. The maximum absolute atomic E-state index is 12.2. The minimum Gasteiger partial charge on any atom is -0.493 e. The Morgan fingerprint density at radius 2 is 1.63 bits per heavy atom. The number of nitrogens with two attached hydrogens (primary N) is 1. The highest BCUT2D eigenvalue weighted by molar-refractivity contribution is 6.42. The predicted molar refractivity (Wildman–Crippen MR) is 98.8 cm³/mol. The maximum atomic E-state index is 12.2. The van der Waals surface area contributed by atoms with Crippen LogP contribution in [0.3, 0.4) is 0 Å². The highest BCUT2D eigenvalue weighted by Gasteiger charge is 2.16. The number of rotatable bonds is 8. The molecule has 27 heavy (non-hydrogen) atoms. The topological polar surface area (TPSA) is 105 Å². The average molecular weight is 412 g/mol. The number of carbonyl (C=O) groups is 3. The minimum atomic E-state index is -0.733. The van der Waals surface area contributed by atoms with Gasteiger partial charge in [0.05, 0.1) is 22.7 Å². The number of methoxy groups -OCH3 is 1. The summed E-state index contributed by atoms with van der Waals surface area (Å²) >= 11 is 11.7. The Hall–Kier alpha value is -2.77. The van der Waals surface area contributed by atoms with E-state index in [1.807, 2.05) is 0 Å². The summed E-state index contributed by atoms with van der Waals surface area (Å²) in [6.07, 6.45) is 0. The van der Waals surface area contributed by atoms with Gasteiger partial charge in [0, 0.05) is 5.56 Å². The van der Waals surface area contributed by atoms with Crippen molar-refractivity contribution in [1.82, 2.24) is 0 Å². The molecule has 0 saturated heterocycles. The van der Waals surface area contributed by atoms with Gasteiger partial charge in [0.25, 0.3) is 5.91 Å². The molecule has 0 aliphatic carbocycles. The molecule has 2 rings (SSSR count). The molecule has 0 heterocycles. The lowest BCUT2D eigenvalue weighted by molar-refractivity contribution is -0.119. The number of esters is 1. The van der Waals surface area contributed by atoms with Gasteiger partial charge in [0.15, 0.2) is 30.5 Å². The number of primary amides is 1. The molecule has 0 aliphatic rings. The average Bonchev–Trinajstić information content (AvgIpc) is 2.66. The van der Waals surface area contributed by atoms with E-state index in [0.29, 0.717) is 5.02 Å². The first-order chi connectivity index (χ1) is 12.8. The van der Waals surface area contributed by atoms with Crippen molar-refractivity contribution in [3.05, 3.63) is 57.6 Å². The molecular weight excluding hydrogens is 397 g/mol. The third-order valence-corrected chi connectivity index (χ3v) is 4.08. The van der Waals surface area contributed by atoms with Gasteiger partial charge in [0.1, 0.15) is 0 Å². The van der Waals surface area contributed by atoms with E-state index in [-0.39, 0.29) is 34.3 Å². The van der Waals surface area contributed by atoms with Gasteiger partial charge in [-0.25, -0.2) is 4.79 Å². The lowest BCUT2D eigenvalue weighted by Crippen LogP contribution is -2.20. The molecule has 0 fully saturated rings. The molecule has 0 aromatic heterocycles. The zero-order chi connectivity index (χ0) is 20.0. The summed E-state index contributed by atoms with van der Waals surface area (Å²) in [6.45, 7) is -0.808. The zero-order valence-corrected chi connectivity index (χ0v) is 15.7. The normalized spacial score (nSPS) is 10.2. The van der Waals surface area contributed by atoms with Gasteiger partial charge in [0.2, 0.25) is 0 Å². The number of Topliss-reactive ketones (excluding diaryl/α,β-unsaturated/α-hetero) is 1. The Morgan fingerprint density at radius 1 is 0.926 bits per heavy atom. The quantitative estimate of drug-likeness (QED) is 0.528. The van der Waals surface area contributed by atoms with Crippen molar-refractivity contribution < 1.29 is 28.6 Å². The van der Waals surface area contributed by atoms with Crippen molar-refractivity contribution in [2.75, 3.05) is 20.3 Å². The van der Waals surface area contributed by atoms with Crippen molar-refractivity contribution in [2.24, 2.45) is 5.73 Å². The standard InChI is InChI=1S/C18H15Cl2NO6/c1-25-16-7-11(3-5-15(16)26-9-17(21)23)18(24)27-8-14(22)10-2-4-12(19)13(20)6-10/h2-7H,8-9H2,1H3,(H2,21,23). The van der Waals surface area contributed by atoms with Gasteiger partial charge in [-0.2, -0.15) is 0 Å². The Bertz CT molecular complexity index is 884. The lowest BCUT2D eigenvalue weighted by atomic mass is 10.1. The van der Waals surface area contributed by atoms with E-state index >= 15 is 0 Å². The predicted octanol–water partition coefficient (Wildman–Crippen LogP) is 2.91. The molecule has 0 bridgehead atoms. The number of benzene rings is 2. The van der Waals surface area contributed by atoms with Crippen molar-refractivity contribution in [2.45, 2.75) is 0 Å². The molecule has 9 heteroatoms. The first kappa shape index (κ1) is 20.5. The summed E-state index contributed by atoms with van der Waals surface area (Å²) in [4.78, 5) is 35.0. The number of amides is 1. The summed E-state index contributed by atoms with van der Waals surface area (Å²) in [6, 6.07) is 8.56. The van der Waals surface area contributed by atoms with E-state index in [1.165, 1.54) is 43.5 Å². The lowest BCUT2D eigenvalue weighted by Gasteiger charge is -2.11. The van der Waals surface area contributed by atoms with Crippen LogP contribution >= 0.6 is 23.2 Å². The van der Waals surface area contributed by atoms with E-state index in [9.17, 15) is 14.4 Å². The van der Waals surface area contributed by atoms with E-state index < -0.39 is 24.3 Å². The third kappa shape index (κ3) is 5.60. The Morgan fingerprint density at radius 3 is 2.26 bits per heavy atom. The number of hydrogen-bond donors (Lipinski definition) is 1. The van der Waals surface area contributed by atoms with Gasteiger partial charge in [-0.3, -0.25) is 9.59 Å². The largest absolute Gasteiger partial charge is 0.493 e. The second-order valence-electron chi connectivity index (χ2n) is 5.25. The highest BCUT2D eigenvalue weighted by Crippen LogP contribution is 2.28. The molecule has 2 aromatic carbocycles. The molecular formula is C18H15Cl2NO6. The van der Waals surface area contributed by atoms with E-state index in [4.69, 9.17) is 43.1 Å². The molecule has 0 spiro atoms. The molecule has 0 radical (unpaired) electrons. The summed E-state index contributed by atoms with van der Waals surface area (Å²) < 4.78 is 15.3. The van der Waals surface area contributed by atoms with Crippen LogP contribution in [0.15, 0.2) is 36.4 Å². The van der Waals surface area contributed by atoms with Gasteiger partial charge >= 0.3 is 5.97 Å². The zero-order valence-electron chi connectivity index (χ0n) is 14.2. The fraction of sp³-hybridized carbons (Fsp3) is 0.167. The van der Waals surface area contributed by atoms with Crippen LogP contribution in [0.5, 0.6) is 11.5 Å². The van der Waals surface area contributed by atoms with Crippen LogP contribution in [0.1, 0.15) is 20.7 Å². The van der Waals surface area contributed by atoms with E-state index in [2.05, 4.69) is 0 Å². The van der Waals surface area contributed by atoms with Gasteiger partial charge in [-0.1, -0.05) is 23.2 Å². The highest BCUT2D eigenvalue weighted by atomic mass is 35.5. The van der Waals surface area contributed by atoms with Crippen LogP contribution in [0.25, 0.3) is 0 Å². The summed E-state index contributed by atoms with van der Waals surface area (Å²) in [5.74, 6) is -1.37. The van der Waals surface area contributed by atoms with Crippen LogP contribution in [0.2, 0.25) is 10.0 Å². The number of halogens is 2. The Kier molecular flexibility index (Phi) is 7.04. The number of ether oxygens (including phenoxy) is 3. The smallest absolute Gasteiger partial charge is 0.338 e. The van der Waals surface area contributed by atoms with Gasteiger partial charge < -0.3 is 19.9 Å². The molecule has 142 valence electrons. The second kappa shape index (κ2) is 9.25. The first-order valence-electron chi connectivity index (χ1n) is 7.56. The van der Waals surface area contributed by atoms with Crippen molar-refractivity contribution >= 4 is 40.9 Å². The minimum absolute atomic E-state index is 0.139. The maximum Gasteiger partial charge on any atom is 0.338 e. The molecule has 0 atom stereocenters. The van der Waals surface area contributed by atoms with Crippen LogP contribution in [0.4, 0.5) is 0 Å². The van der Waals surface area contributed by atoms with Gasteiger partial charge in [-0.15, -0.1) is 0 Å². The number of ketones is 1. The van der Waals surface area contributed by atoms with Gasteiger partial charge in [-0.05, 0) is 36.4 Å². The molecule has 2 aromatic rings. The fourth-order valence-electron chi connectivity index (χ4n) is 2.03. The second-order valence-corrected chi connectivity index (χ2v) is 6.06. The SMILES string of the molecule is COc1cc(C(=O)OCC(=O)c2ccc(Cl)c(Cl)c2)ccc1OCC(N)=O. The van der Waals surface area contributed by atoms with E-state index in [1.54, 1.807) is 0 Å². The van der Waals surface area contributed by atoms with Crippen LogP contribution in [0, 0.1) is 0 Å². The number of carbonyl (C=O) groups excluding carboxylic acids is 3. The Balaban J connectivity index is 2.03. The molecule has 2 N–H and O–H groups in total. The molecule has 0 unspecified atom stereocenters. The Labute approximate surface area is 164 Å². The van der Waals surface area contributed by atoms with E-state index in [0.717, 1.165) is 0 Å².